The Kier molecular flexibility index (Phi) is 6.34. The van der Waals surface area contributed by atoms with Crippen LogP contribution in [-0.4, -0.2) is 26.0 Å². The molecule has 150 valence electrons. The number of nitro groups is 1. The van der Waals surface area contributed by atoms with Crippen LogP contribution in [0.4, 0.5) is 5.69 Å². The van der Waals surface area contributed by atoms with Gasteiger partial charge < -0.3 is 0 Å². The fourth-order valence-corrected chi connectivity index (χ4v) is 3.89. The van der Waals surface area contributed by atoms with Gasteiger partial charge in [-0.25, -0.2) is 4.98 Å². The average molecular weight is 432 g/mol. The summed E-state index contributed by atoms with van der Waals surface area (Å²) in [6.45, 7) is 4.41. The number of ketones is 1. The topological polar surface area (TPSA) is 95.1 Å². The molecule has 0 saturated heterocycles. The molecule has 0 bridgehead atoms. The maximum Gasteiger partial charge on any atom is 0.270 e. The van der Waals surface area contributed by atoms with Crippen LogP contribution in [-0.2, 0) is 6.54 Å². The van der Waals surface area contributed by atoms with Crippen LogP contribution in [0.3, 0.4) is 0 Å². The summed E-state index contributed by atoms with van der Waals surface area (Å²) < 4.78 is 1.55. The number of non-ortho nitro benzene ring substituents is 1. The number of rotatable bonds is 7. The first-order valence-corrected chi connectivity index (χ1v) is 10.2. The fourth-order valence-electron chi connectivity index (χ4n) is 2.82. The monoisotopic (exact) mass is 431 g/mol. The Balaban J connectivity index is 1.93. The molecule has 2 aromatic carbocycles. The van der Waals surface area contributed by atoms with Crippen LogP contribution < -0.4 is 5.56 Å². The number of aromatic nitrogens is 2. The molecule has 0 aliphatic rings. The predicted octanol–water partition coefficient (Wildman–Crippen LogP) is 4.59. The first kappa shape index (κ1) is 21.0. The van der Waals surface area contributed by atoms with E-state index >= 15 is 0 Å². The minimum absolute atomic E-state index is 0.00476. The number of fused-ring (bicyclic) bond motifs is 1. The third-order valence-electron chi connectivity index (χ3n) is 4.14. The normalized spacial score (nSPS) is 11.2. The Morgan fingerprint density at radius 3 is 2.72 bits per heavy atom. The van der Waals surface area contributed by atoms with Crippen LogP contribution in [0.15, 0.2) is 52.4 Å². The lowest BCUT2D eigenvalue weighted by molar-refractivity contribution is -0.384. The molecule has 0 unspecified atom stereocenters. The second kappa shape index (κ2) is 8.75. The highest BCUT2D eigenvalue weighted by molar-refractivity contribution is 7.99. The molecule has 0 spiro atoms. The standard InChI is InChI=1S/C20H18ClN3O4S/c1-12(2)10-23-19(26)16-9-14(21)6-7-17(16)22-20(23)29-11-18(25)13-4-3-5-15(8-13)24(27)28/h3-9,12H,10-11H2,1-2H3. The van der Waals surface area contributed by atoms with Crippen molar-refractivity contribution in [2.75, 3.05) is 5.75 Å². The van der Waals surface area contributed by atoms with Crippen LogP contribution in [0, 0.1) is 16.0 Å². The number of halogens is 1. The van der Waals surface area contributed by atoms with Crippen LogP contribution in [0.5, 0.6) is 0 Å². The molecule has 0 radical (unpaired) electrons. The maximum atomic E-state index is 13.0. The zero-order valence-electron chi connectivity index (χ0n) is 15.8. The summed E-state index contributed by atoms with van der Waals surface area (Å²) >= 11 is 7.16. The lowest BCUT2D eigenvalue weighted by atomic mass is 10.1. The van der Waals surface area contributed by atoms with Crippen LogP contribution >= 0.6 is 23.4 Å². The Hall–Kier alpha value is -2.71. The molecule has 3 aromatic rings. The lowest BCUT2D eigenvalue weighted by Gasteiger charge is -2.15. The molecule has 9 heteroatoms. The van der Waals surface area contributed by atoms with Crippen molar-refractivity contribution in [3.8, 4) is 0 Å². The SMILES string of the molecule is CC(C)Cn1c(SCC(=O)c2cccc([N+](=O)[O-])c2)nc2ccc(Cl)cc2c1=O. The average Bonchev–Trinajstić information content (AvgIpc) is 2.69. The minimum atomic E-state index is -0.541. The van der Waals surface area contributed by atoms with Crippen molar-refractivity contribution in [2.24, 2.45) is 5.92 Å². The van der Waals surface area contributed by atoms with Crippen molar-refractivity contribution in [1.82, 2.24) is 9.55 Å². The molecule has 0 aliphatic carbocycles. The van der Waals surface area contributed by atoms with E-state index < -0.39 is 4.92 Å². The van der Waals surface area contributed by atoms with Crippen LogP contribution in [0.1, 0.15) is 24.2 Å². The van der Waals surface area contributed by atoms with E-state index in [-0.39, 0.29) is 34.3 Å². The van der Waals surface area contributed by atoms with Crippen LogP contribution in [0.2, 0.25) is 5.02 Å². The number of carbonyl (C=O) groups excluding carboxylic acids is 1. The second-order valence-corrected chi connectivity index (χ2v) is 8.26. The van der Waals surface area contributed by atoms with E-state index in [1.807, 2.05) is 13.8 Å². The minimum Gasteiger partial charge on any atom is -0.293 e. The molecule has 0 fully saturated rings. The van der Waals surface area contributed by atoms with Gasteiger partial charge in [-0.15, -0.1) is 0 Å². The highest BCUT2D eigenvalue weighted by atomic mass is 35.5. The first-order valence-electron chi connectivity index (χ1n) is 8.87. The molecule has 3 rings (SSSR count). The quantitative estimate of drug-likeness (QED) is 0.178. The van der Waals surface area contributed by atoms with Gasteiger partial charge in [-0.2, -0.15) is 0 Å². The molecular weight excluding hydrogens is 414 g/mol. The zero-order valence-corrected chi connectivity index (χ0v) is 17.4. The van der Waals surface area contributed by atoms with Crippen molar-refractivity contribution in [1.29, 1.82) is 0 Å². The van der Waals surface area contributed by atoms with E-state index in [0.717, 1.165) is 11.8 Å². The van der Waals surface area contributed by atoms with Gasteiger partial charge in [0.1, 0.15) is 0 Å². The van der Waals surface area contributed by atoms with Gasteiger partial charge in [0.25, 0.3) is 11.2 Å². The number of carbonyl (C=O) groups is 1. The lowest BCUT2D eigenvalue weighted by Crippen LogP contribution is -2.25. The zero-order chi connectivity index (χ0) is 21.1. The largest absolute Gasteiger partial charge is 0.293 e. The summed E-state index contributed by atoms with van der Waals surface area (Å²) in [6.07, 6.45) is 0. The Morgan fingerprint density at radius 1 is 1.28 bits per heavy atom. The van der Waals surface area contributed by atoms with Crippen molar-refractivity contribution < 1.29 is 9.72 Å². The molecule has 0 aliphatic heterocycles. The van der Waals surface area contributed by atoms with Gasteiger partial charge in [0, 0.05) is 29.3 Å². The highest BCUT2D eigenvalue weighted by Crippen LogP contribution is 2.23. The smallest absolute Gasteiger partial charge is 0.270 e. The highest BCUT2D eigenvalue weighted by Gasteiger charge is 2.16. The van der Waals surface area contributed by atoms with Crippen molar-refractivity contribution in [3.63, 3.8) is 0 Å². The summed E-state index contributed by atoms with van der Waals surface area (Å²) in [4.78, 5) is 40.4. The number of nitro benzene ring substituents is 1. The molecule has 0 atom stereocenters. The van der Waals surface area contributed by atoms with Gasteiger partial charge in [0.05, 0.1) is 21.6 Å². The Morgan fingerprint density at radius 2 is 2.03 bits per heavy atom. The maximum absolute atomic E-state index is 13.0. The molecule has 0 saturated carbocycles. The number of nitrogens with zero attached hydrogens (tertiary/aromatic N) is 3. The van der Waals surface area contributed by atoms with E-state index in [0.29, 0.717) is 27.6 Å². The molecule has 0 amide bonds. The first-order chi connectivity index (χ1) is 13.8. The predicted molar refractivity (Wildman–Crippen MR) is 114 cm³/mol. The van der Waals surface area contributed by atoms with E-state index in [9.17, 15) is 19.7 Å². The number of hydrogen-bond donors (Lipinski definition) is 0. The van der Waals surface area contributed by atoms with Gasteiger partial charge in [0.15, 0.2) is 10.9 Å². The summed E-state index contributed by atoms with van der Waals surface area (Å²) in [7, 11) is 0. The van der Waals surface area contributed by atoms with Crippen LogP contribution in [0.25, 0.3) is 10.9 Å². The van der Waals surface area contributed by atoms with E-state index in [1.165, 1.54) is 24.3 Å². The van der Waals surface area contributed by atoms with Crippen molar-refractivity contribution in [3.05, 3.63) is 73.5 Å². The molecule has 1 heterocycles. The summed E-state index contributed by atoms with van der Waals surface area (Å²) in [6, 6.07) is 10.5. The van der Waals surface area contributed by atoms with E-state index in [1.54, 1.807) is 22.8 Å². The molecule has 29 heavy (non-hydrogen) atoms. The van der Waals surface area contributed by atoms with E-state index in [4.69, 9.17) is 11.6 Å². The number of benzene rings is 2. The van der Waals surface area contributed by atoms with Crippen molar-refractivity contribution in [2.45, 2.75) is 25.5 Å². The third kappa shape index (κ3) is 4.83. The van der Waals surface area contributed by atoms with Gasteiger partial charge in [-0.05, 0) is 24.1 Å². The molecule has 0 N–H and O–H groups in total. The third-order valence-corrected chi connectivity index (χ3v) is 5.35. The number of hydrogen-bond acceptors (Lipinski definition) is 6. The number of thioether (sulfide) groups is 1. The van der Waals surface area contributed by atoms with E-state index in [2.05, 4.69) is 4.98 Å². The summed E-state index contributed by atoms with van der Waals surface area (Å²) in [5, 5.41) is 12.2. The van der Waals surface area contributed by atoms with Gasteiger partial charge in [-0.1, -0.05) is 49.3 Å². The van der Waals surface area contributed by atoms with Crippen molar-refractivity contribution >= 4 is 45.7 Å². The number of Topliss-reactive ketones (excluding diaryl/α,β-unsaturated/α-hetero) is 1. The Labute approximate surface area is 175 Å². The van der Waals surface area contributed by atoms with Gasteiger partial charge in [-0.3, -0.25) is 24.3 Å². The van der Waals surface area contributed by atoms with Gasteiger partial charge in [0.2, 0.25) is 0 Å². The molecule has 7 nitrogen and oxygen atoms in total. The fraction of sp³-hybridized carbons (Fsp3) is 0.250. The molecular formula is C20H18ClN3O4S. The van der Waals surface area contributed by atoms with Gasteiger partial charge >= 0.3 is 0 Å². The second-order valence-electron chi connectivity index (χ2n) is 6.88. The summed E-state index contributed by atoms with van der Waals surface area (Å²) in [5.41, 5.74) is 0.400. The Bertz CT molecular complexity index is 1160. The molecule has 1 aromatic heterocycles. The summed E-state index contributed by atoms with van der Waals surface area (Å²) in [5.74, 6) is -0.0802.